The first-order valence-corrected chi connectivity index (χ1v) is 10.2. The zero-order valence-electron chi connectivity index (χ0n) is 16.1. The Hall–Kier alpha value is -3.28. The maximum atomic E-state index is 12.4. The highest BCUT2D eigenvalue weighted by atomic mass is 35.5. The number of methoxy groups -OCH3 is 1. The number of amides is 1. The van der Waals surface area contributed by atoms with Crippen molar-refractivity contribution in [3.8, 4) is 23.2 Å². The van der Waals surface area contributed by atoms with Gasteiger partial charge in [0.1, 0.15) is 11.8 Å². The van der Waals surface area contributed by atoms with E-state index >= 15 is 0 Å². The van der Waals surface area contributed by atoms with E-state index in [0.29, 0.717) is 39.5 Å². The van der Waals surface area contributed by atoms with Crippen LogP contribution in [0.15, 0.2) is 60.3 Å². The number of nitriles is 1. The van der Waals surface area contributed by atoms with Gasteiger partial charge in [0.05, 0.1) is 29.7 Å². The number of rotatable bonds is 8. The molecule has 0 aliphatic carbocycles. The summed E-state index contributed by atoms with van der Waals surface area (Å²) in [7, 11) is 1.60. The maximum Gasteiger partial charge on any atom is 0.234 e. The Kier molecular flexibility index (Phi) is 7.12. The first kappa shape index (κ1) is 21.4. The Morgan fingerprint density at radius 2 is 2.17 bits per heavy atom. The van der Waals surface area contributed by atoms with Gasteiger partial charge >= 0.3 is 0 Å². The van der Waals surface area contributed by atoms with E-state index in [0.717, 1.165) is 5.56 Å². The molecule has 1 N–H and O–H groups in total. The van der Waals surface area contributed by atoms with E-state index in [-0.39, 0.29) is 11.7 Å². The van der Waals surface area contributed by atoms with Crippen molar-refractivity contribution in [2.45, 2.75) is 11.7 Å². The molecule has 1 aromatic heterocycles. The van der Waals surface area contributed by atoms with E-state index in [1.807, 2.05) is 34.9 Å². The van der Waals surface area contributed by atoms with Gasteiger partial charge in [-0.25, -0.2) is 0 Å². The average molecular weight is 440 g/mol. The highest BCUT2D eigenvalue weighted by Gasteiger charge is 2.18. The lowest BCUT2D eigenvalue weighted by Gasteiger charge is -2.11. The average Bonchev–Trinajstić information content (AvgIpc) is 3.15. The Morgan fingerprint density at radius 3 is 2.90 bits per heavy atom. The van der Waals surface area contributed by atoms with Crippen LogP contribution in [0.1, 0.15) is 5.56 Å². The second-order valence-corrected chi connectivity index (χ2v) is 7.42. The van der Waals surface area contributed by atoms with E-state index in [4.69, 9.17) is 16.3 Å². The molecule has 7 nitrogen and oxygen atoms in total. The number of ether oxygens (including phenoxy) is 1. The summed E-state index contributed by atoms with van der Waals surface area (Å²) < 4.78 is 7.29. The number of carbonyl (C=O) groups is 1. The van der Waals surface area contributed by atoms with Gasteiger partial charge in [0.25, 0.3) is 0 Å². The van der Waals surface area contributed by atoms with Gasteiger partial charge in [0.2, 0.25) is 5.91 Å². The monoisotopic (exact) mass is 439 g/mol. The molecule has 0 spiro atoms. The molecule has 0 saturated carbocycles. The molecule has 0 radical (unpaired) electrons. The minimum Gasteiger partial charge on any atom is -0.496 e. The summed E-state index contributed by atoms with van der Waals surface area (Å²) in [6.07, 6.45) is 1.73. The highest BCUT2D eigenvalue weighted by Crippen LogP contribution is 2.31. The number of benzene rings is 2. The molecule has 152 valence electrons. The first-order chi connectivity index (χ1) is 14.6. The van der Waals surface area contributed by atoms with Crippen LogP contribution in [0, 0.1) is 11.3 Å². The SMILES string of the molecule is C=CCn1c(SCC(=O)Nc2cc(Cl)ccc2C#N)nnc1-c1ccccc1OC. The molecule has 9 heteroatoms. The largest absolute Gasteiger partial charge is 0.496 e. The number of hydrogen-bond donors (Lipinski definition) is 1. The van der Waals surface area contributed by atoms with Crippen LogP contribution < -0.4 is 10.1 Å². The van der Waals surface area contributed by atoms with Gasteiger partial charge in [-0.2, -0.15) is 5.26 Å². The van der Waals surface area contributed by atoms with Crippen molar-refractivity contribution in [1.29, 1.82) is 5.26 Å². The van der Waals surface area contributed by atoms with Gasteiger partial charge in [0.15, 0.2) is 11.0 Å². The number of hydrogen-bond acceptors (Lipinski definition) is 6. The summed E-state index contributed by atoms with van der Waals surface area (Å²) in [5, 5.41) is 21.4. The number of anilines is 1. The molecule has 30 heavy (non-hydrogen) atoms. The minimum absolute atomic E-state index is 0.0819. The molecule has 0 aliphatic heterocycles. The third-order valence-electron chi connectivity index (χ3n) is 4.08. The molecule has 3 rings (SSSR count). The summed E-state index contributed by atoms with van der Waals surface area (Å²) >= 11 is 7.20. The van der Waals surface area contributed by atoms with Crippen LogP contribution >= 0.6 is 23.4 Å². The maximum absolute atomic E-state index is 12.4. The lowest BCUT2D eigenvalue weighted by molar-refractivity contribution is -0.113. The van der Waals surface area contributed by atoms with Gasteiger partial charge in [0, 0.05) is 11.6 Å². The van der Waals surface area contributed by atoms with Gasteiger partial charge in [-0.05, 0) is 30.3 Å². The third-order valence-corrected chi connectivity index (χ3v) is 5.29. The van der Waals surface area contributed by atoms with Crippen molar-refractivity contribution in [1.82, 2.24) is 14.8 Å². The Balaban J connectivity index is 1.78. The molecule has 0 bridgehead atoms. The van der Waals surface area contributed by atoms with Crippen molar-refractivity contribution >= 4 is 35.0 Å². The molecule has 0 unspecified atom stereocenters. The summed E-state index contributed by atoms with van der Waals surface area (Å²) in [5.41, 5.74) is 1.51. The molecule has 0 atom stereocenters. The second kappa shape index (κ2) is 9.96. The van der Waals surface area contributed by atoms with Gasteiger partial charge < -0.3 is 10.1 Å². The fourth-order valence-corrected chi connectivity index (χ4v) is 3.67. The number of thioether (sulfide) groups is 1. The third kappa shape index (κ3) is 4.82. The van der Waals surface area contributed by atoms with E-state index in [2.05, 4.69) is 22.1 Å². The fourth-order valence-electron chi connectivity index (χ4n) is 2.75. The lowest BCUT2D eigenvalue weighted by Crippen LogP contribution is -2.15. The Bertz CT molecular complexity index is 1120. The van der Waals surface area contributed by atoms with Crippen LogP contribution in [0.3, 0.4) is 0 Å². The standard InChI is InChI=1S/C21H18ClN5O2S/c1-3-10-27-20(16-6-4-5-7-18(16)29-2)25-26-21(27)30-13-19(28)24-17-11-15(22)9-8-14(17)12-23/h3-9,11H,1,10,13H2,2H3,(H,24,28). The molecule has 3 aromatic rings. The number of nitrogens with zero attached hydrogens (tertiary/aromatic N) is 4. The normalized spacial score (nSPS) is 10.3. The molecule has 2 aromatic carbocycles. The summed E-state index contributed by atoms with van der Waals surface area (Å²) in [4.78, 5) is 12.4. The van der Waals surface area contributed by atoms with Gasteiger partial charge in [-0.3, -0.25) is 9.36 Å². The summed E-state index contributed by atoms with van der Waals surface area (Å²) in [5.74, 6) is 1.09. The summed E-state index contributed by atoms with van der Waals surface area (Å²) in [6.45, 7) is 4.26. The van der Waals surface area contributed by atoms with Crippen LogP contribution in [0.4, 0.5) is 5.69 Å². The molecule has 1 heterocycles. The van der Waals surface area contributed by atoms with Gasteiger partial charge in [-0.1, -0.05) is 41.6 Å². The number of halogens is 1. The van der Waals surface area contributed by atoms with Gasteiger partial charge in [-0.15, -0.1) is 16.8 Å². The van der Waals surface area contributed by atoms with Crippen LogP contribution in [-0.4, -0.2) is 33.5 Å². The van der Waals surface area contributed by atoms with Crippen molar-refractivity contribution in [2.24, 2.45) is 0 Å². The zero-order valence-corrected chi connectivity index (χ0v) is 17.7. The lowest BCUT2D eigenvalue weighted by atomic mass is 10.2. The first-order valence-electron chi connectivity index (χ1n) is 8.87. The van der Waals surface area contributed by atoms with E-state index in [1.54, 1.807) is 31.4 Å². The van der Waals surface area contributed by atoms with E-state index in [9.17, 15) is 10.1 Å². The number of aromatic nitrogens is 3. The number of allylic oxidation sites excluding steroid dienone is 1. The number of carbonyl (C=O) groups excluding carboxylic acids is 1. The predicted molar refractivity (Wildman–Crippen MR) is 118 cm³/mol. The molecule has 1 amide bonds. The Morgan fingerprint density at radius 1 is 1.37 bits per heavy atom. The van der Waals surface area contributed by atoms with Crippen molar-refractivity contribution in [3.05, 3.63) is 65.7 Å². The van der Waals surface area contributed by atoms with Crippen LogP contribution in [0.25, 0.3) is 11.4 Å². The van der Waals surface area contributed by atoms with Crippen molar-refractivity contribution < 1.29 is 9.53 Å². The van der Waals surface area contributed by atoms with Crippen molar-refractivity contribution in [3.63, 3.8) is 0 Å². The smallest absolute Gasteiger partial charge is 0.234 e. The topological polar surface area (TPSA) is 92.8 Å². The Labute approximate surface area is 183 Å². The van der Waals surface area contributed by atoms with Crippen LogP contribution in [-0.2, 0) is 11.3 Å². The molecule has 0 saturated heterocycles. The number of para-hydroxylation sites is 1. The highest BCUT2D eigenvalue weighted by molar-refractivity contribution is 7.99. The minimum atomic E-state index is -0.286. The molecule has 0 aliphatic rings. The fraction of sp³-hybridized carbons (Fsp3) is 0.143. The van der Waals surface area contributed by atoms with Crippen LogP contribution in [0.2, 0.25) is 5.02 Å². The molecular weight excluding hydrogens is 422 g/mol. The number of nitrogens with one attached hydrogen (secondary N) is 1. The predicted octanol–water partition coefficient (Wildman–Crippen LogP) is 4.40. The second-order valence-electron chi connectivity index (χ2n) is 6.04. The molecule has 0 fully saturated rings. The zero-order chi connectivity index (χ0) is 21.5. The van der Waals surface area contributed by atoms with E-state index < -0.39 is 0 Å². The quantitative estimate of drug-likeness (QED) is 0.413. The van der Waals surface area contributed by atoms with E-state index in [1.165, 1.54) is 11.8 Å². The van der Waals surface area contributed by atoms with Crippen LogP contribution in [0.5, 0.6) is 5.75 Å². The summed E-state index contributed by atoms with van der Waals surface area (Å²) in [6, 6.07) is 14.2. The molecular formula is C21H18ClN5O2S. The van der Waals surface area contributed by atoms with Crippen molar-refractivity contribution in [2.75, 3.05) is 18.2 Å².